The first-order valence-corrected chi connectivity index (χ1v) is 6.88. The van der Waals surface area contributed by atoms with Crippen molar-refractivity contribution in [1.82, 2.24) is 14.5 Å². The SMILES string of the molecule is FC(F)(F)c1nc2ccccc2n1CCN1CCOCC1. The van der Waals surface area contributed by atoms with Crippen molar-refractivity contribution in [2.75, 3.05) is 32.8 Å². The summed E-state index contributed by atoms with van der Waals surface area (Å²) in [5.41, 5.74) is 0.907. The molecular formula is C14H16F3N3O. The lowest BCUT2D eigenvalue weighted by molar-refractivity contribution is -0.147. The van der Waals surface area contributed by atoms with Gasteiger partial charge in [-0.15, -0.1) is 0 Å². The van der Waals surface area contributed by atoms with Crippen molar-refractivity contribution < 1.29 is 17.9 Å². The largest absolute Gasteiger partial charge is 0.449 e. The molecule has 2 heterocycles. The fourth-order valence-corrected chi connectivity index (χ4v) is 2.58. The van der Waals surface area contributed by atoms with Gasteiger partial charge in [-0.25, -0.2) is 4.98 Å². The number of morpholine rings is 1. The van der Waals surface area contributed by atoms with Crippen molar-refractivity contribution in [3.63, 3.8) is 0 Å². The maximum Gasteiger partial charge on any atom is 0.449 e. The van der Waals surface area contributed by atoms with Gasteiger partial charge in [0.05, 0.1) is 24.2 Å². The van der Waals surface area contributed by atoms with Crippen LogP contribution in [0.3, 0.4) is 0 Å². The number of imidazole rings is 1. The second-order valence-electron chi connectivity index (χ2n) is 5.03. The topological polar surface area (TPSA) is 30.3 Å². The second kappa shape index (κ2) is 5.65. The van der Waals surface area contributed by atoms with E-state index in [9.17, 15) is 13.2 Å². The normalized spacial score (nSPS) is 17.5. The maximum atomic E-state index is 13.1. The van der Waals surface area contributed by atoms with Gasteiger partial charge >= 0.3 is 6.18 Å². The number of benzene rings is 1. The highest BCUT2D eigenvalue weighted by molar-refractivity contribution is 5.76. The number of para-hydroxylation sites is 2. The average molecular weight is 299 g/mol. The van der Waals surface area contributed by atoms with Crippen LogP contribution in [0.2, 0.25) is 0 Å². The van der Waals surface area contributed by atoms with Crippen LogP contribution < -0.4 is 0 Å². The molecule has 1 aliphatic heterocycles. The Hall–Kier alpha value is -1.60. The predicted octanol–water partition coefficient (Wildman–Crippen LogP) is 2.39. The van der Waals surface area contributed by atoms with Crippen LogP contribution in [0.4, 0.5) is 13.2 Å². The summed E-state index contributed by atoms with van der Waals surface area (Å²) in [6.07, 6.45) is -4.44. The van der Waals surface area contributed by atoms with Gasteiger partial charge in [0, 0.05) is 26.2 Å². The highest BCUT2D eigenvalue weighted by atomic mass is 19.4. The standard InChI is InChI=1S/C14H16F3N3O/c15-14(16,17)13-18-11-3-1-2-4-12(11)20(13)6-5-19-7-9-21-10-8-19/h1-4H,5-10H2. The predicted molar refractivity (Wildman–Crippen MR) is 72.0 cm³/mol. The summed E-state index contributed by atoms with van der Waals surface area (Å²) in [6, 6.07) is 6.71. The molecule has 1 aliphatic rings. The zero-order valence-corrected chi connectivity index (χ0v) is 11.4. The number of hydrogen-bond donors (Lipinski definition) is 0. The molecule has 1 saturated heterocycles. The fraction of sp³-hybridized carbons (Fsp3) is 0.500. The van der Waals surface area contributed by atoms with Gasteiger partial charge in [-0.05, 0) is 12.1 Å². The van der Waals surface area contributed by atoms with Crippen molar-refractivity contribution in [1.29, 1.82) is 0 Å². The van der Waals surface area contributed by atoms with Gasteiger partial charge in [0.25, 0.3) is 0 Å². The lowest BCUT2D eigenvalue weighted by Gasteiger charge is -2.27. The molecule has 0 bridgehead atoms. The van der Waals surface area contributed by atoms with E-state index in [4.69, 9.17) is 4.74 Å². The highest BCUT2D eigenvalue weighted by Crippen LogP contribution is 2.31. The molecule has 1 aromatic heterocycles. The van der Waals surface area contributed by atoms with E-state index in [0.29, 0.717) is 30.8 Å². The summed E-state index contributed by atoms with van der Waals surface area (Å²) in [6.45, 7) is 3.62. The minimum atomic E-state index is -4.44. The molecule has 0 atom stereocenters. The molecule has 114 valence electrons. The Labute approximate surface area is 120 Å². The molecule has 0 N–H and O–H groups in total. The first kappa shape index (κ1) is 14.3. The third kappa shape index (κ3) is 3.03. The van der Waals surface area contributed by atoms with Gasteiger partial charge in [-0.3, -0.25) is 4.90 Å². The molecule has 0 spiro atoms. The number of aromatic nitrogens is 2. The molecule has 21 heavy (non-hydrogen) atoms. The number of rotatable bonds is 3. The van der Waals surface area contributed by atoms with Crippen molar-refractivity contribution in [3.8, 4) is 0 Å². The van der Waals surface area contributed by atoms with E-state index >= 15 is 0 Å². The zero-order chi connectivity index (χ0) is 14.9. The Morgan fingerprint density at radius 2 is 1.81 bits per heavy atom. The molecule has 2 aromatic rings. The van der Waals surface area contributed by atoms with Crippen LogP contribution in [0.5, 0.6) is 0 Å². The molecular weight excluding hydrogens is 283 g/mol. The van der Waals surface area contributed by atoms with E-state index in [2.05, 4.69) is 9.88 Å². The van der Waals surface area contributed by atoms with Crippen LogP contribution in [0.1, 0.15) is 5.82 Å². The lowest BCUT2D eigenvalue weighted by atomic mass is 10.3. The van der Waals surface area contributed by atoms with Gasteiger partial charge in [0.1, 0.15) is 0 Å². The summed E-state index contributed by atoms with van der Waals surface area (Å²) < 4.78 is 45.9. The number of alkyl halides is 3. The van der Waals surface area contributed by atoms with Crippen LogP contribution in [0.15, 0.2) is 24.3 Å². The van der Waals surface area contributed by atoms with Gasteiger partial charge in [-0.2, -0.15) is 13.2 Å². The summed E-state index contributed by atoms with van der Waals surface area (Å²) in [5.74, 6) is -0.822. The molecule has 1 aromatic carbocycles. The minimum Gasteiger partial charge on any atom is -0.379 e. The third-order valence-corrected chi connectivity index (χ3v) is 3.65. The Morgan fingerprint density at radius 1 is 1.10 bits per heavy atom. The Morgan fingerprint density at radius 3 is 2.52 bits per heavy atom. The summed E-state index contributed by atoms with van der Waals surface area (Å²) in [7, 11) is 0. The molecule has 0 saturated carbocycles. The summed E-state index contributed by atoms with van der Waals surface area (Å²) in [4.78, 5) is 5.85. The molecule has 3 rings (SSSR count). The number of ether oxygens (including phenoxy) is 1. The first-order valence-electron chi connectivity index (χ1n) is 6.88. The van der Waals surface area contributed by atoms with E-state index in [0.717, 1.165) is 13.1 Å². The molecule has 4 nitrogen and oxygen atoms in total. The van der Waals surface area contributed by atoms with Crippen molar-refractivity contribution in [2.24, 2.45) is 0 Å². The smallest absolute Gasteiger partial charge is 0.379 e. The Kier molecular flexibility index (Phi) is 3.86. The van der Waals surface area contributed by atoms with Crippen molar-refractivity contribution in [3.05, 3.63) is 30.1 Å². The van der Waals surface area contributed by atoms with Crippen LogP contribution in [-0.2, 0) is 17.5 Å². The van der Waals surface area contributed by atoms with Gasteiger partial charge < -0.3 is 9.30 Å². The van der Waals surface area contributed by atoms with Gasteiger partial charge in [-0.1, -0.05) is 12.1 Å². The average Bonchev–Trinajstić information content (AvgIpc) is 2.85. The first-order chi connectivity index (χ1) is 10.1. The monoisotopic (exact) mass is 299 g/mol. The Bertz CT molecular complexity index is 617. The third-order valence-electron chi connectivity index (χ3n) is 3.65. The molecule has 0 aliphatic carbocycles. The molecule has 0 radical (unpaired) electrons. The minimum absolute atomic E-state index is 0.273. The Balaban J connectivity index is 1.88. The molecule has 0 unspecified atom stereocenters. The summed E-state index contributed by atoms with van der Waals surface area (Å²) in [5, 5.41) is 0. The fourth-order valence-electron chi connectivity index (χ4n) is 2.58. The van der Waals surface area contributed by atoms with E-state index in [1.165, 1.54) is 4.57 Å². The van der Waals surface area contributed by atoms with E-state index < -0.39 is 12.0 Å². The molecule has 0 amide bonds. The number of halogens is 3. The van der Waals surface area contributed by atoms with Crippen LogP contribution >= 0.6 is 0 Å². The quantitative estimate of drug-likeness (QED) is 0.872. The number of hydrogen-bond acceptors (Lipinski definition) is 3. The maximum absolute atomic E-state index is 13.1. The molecule has 7 heteroatoms. The highest BCUT2D eigenvalue weighted by Gasteiger charge is 2.37. The summed E-state index contributed by atoms with van der Waals surface area (Å²) >= 11 is 0. The van der Waals surface area contributed by atoms with E-state index in [1.54, 1.807) is 24.3 Å². The number of fused-ring (bicyclic) bond motifs is 1. The van der Waals surface area contributed by atoms with Crippen molar-refractivity contribution in [2.45, 2.75) is 12.7 Å². The number of nitrogens with zero attached hydrogens (tertiary/aromatic N) is 3. The van der Waals surface area contributed by atoms with E-state index in [1.807, 2.05) is 0 Å². The van der Waals surface area contributed by atoms with Gasteiger partial charge in [0.15, 0.2) is 0 Å². The zero-order valence-electron chi connectivity index (χ0n) is 11.4. The van der Waals surface area contributed by atoms with Crippen LogP contribution in [-0.4, -0.2) is 47.3 Å². The van der Waals surface area contributed by atoms with Crippen molar-refractivity contribution >= 4 is 11.0 Å². The van der Waals surface area contributed by atoms with Gasteiger partial charge in [0.2, 0.25) is 5.82 Å². The van der Waals surface area contributed by atoms with Crippen LogP contribution in [0.25, 0.3) is 11.0 Å². The van der Waals surface area contributed by atoms with Crippen LogP contribution in [0, 0.1) is 0 Å². The lowest BCUT2D eigenvalue weighted by Crippen LogP contribution is -2.38. The molecule has 1 fully saturated rings. The second-order valence-corrected chi connectivity index (χ2v) is 5.03. The van der Waals surface area contributed by atoms with E-state index in [-0.39, 0.29) is 6.54 Å².